The highest BCUT2D eigenvalue weighted by Crippen LogP contribution is 2.38. The summed E-state index contributed by atoms with van der Waals surface area (Å²) in [5.41, 5.74) is 0.882. The lowest BCUT2D eigenvalue weighted by atomic mass is 10.3. The van der Waals surface area contributed by atoms with Gasteiger partial charge in [-0.3, -0.25) is 0 Å². The van der Waals surface area contributed by atoms with Crippen LogP contribution in [0.4, 0.5) is 0 Å². The second-order valence-corrected chi connectivity index (χ2v) is 8.22. The molecule has 2 atom stereocenters. The number of nitrogens with zero attached hydrogens (tertiary/aromatic N) is 2. The van der Waals surface area contributed by atoms with Gasteiger partial charge >= 0.3 is 0 Å². The van der Waals surface area contributed by atoms with Gasteiger partial charge in [-0.1, -0.05) is 0 Å². The summed E-state index contributed by atoms with van der Waals surface area (Å²) in [5.74, 6) is 0.335. The first-order chi connectivity index (χ1) is 9.91. The Morgan fingerprint density at radius 1 is 1.29 bits per heavy atom. The molecule has 5 nitrogen and oxygen atoms in total. The van der Waals surface area contributed by atoms with Gasteiger partial charge in [0.2, 0.25) is 10.0 Å². The molecule has 21 heavy (non-hydrogen) atoms. The largest absolute Gasteiger partial charge is 0.373 e. The predicted octanol–water partition coefficient (Wildman–Crippen LogP) is 2.36. The number of halogens is 1. The fourth-order valence-corrected chi connectivity index (χ4v) is 4.77. The average molecular weight is 333 g/mol. The molecular formula is C14H21ClN2O3S. The molecule has 1 saturated heterocycles. The standard InChI is InChI=1S/C14H21ClN2O3S/c1-10-7-16(8-11(2)20-10)21(18,19)14-5-13(6-15)17(9-14)12-3-4-12/h5,9-12H,3-4,6-8H2,1-2H3. The minimum Gasteiger partial charge on any atom is -0.373 e. The van der Waals surface area contributed by atoms with Crippen molar-refractivity contribution < 1.29 is 13.2 Å². The zero-order chi connectivity index (χ0) is 15.2. The molecule has 1 aliphatic carbocycles. The van der Waals surface area contributed by atoms with Crippen molar-refractivity contribution in [2.75, 3.05) is 13.1 Å². The number of sulfonamides is 1. The number of morpholine rings is 1. The molecule has 1 aliphatic heterocycles. The normalized spacial score (nSPS) is 28.0. The van der Waals surface area contributed by atoms with Gasteiger partial charge in [-0.25, -0.2) is 8.42 Å². The maximum atomic E-state index is 12.8. The molecule has 1 aromatic rings. The number of alkyl halides is 1. The van der Waals surface area contributed by atoms with Crippen molar-refractivity contribution in [3.8, 4) is 0 Å². The van der Waals surface area contributed by atoms with Crippen LogP contribution in [-0.4, -0.2) is 42.6 Å². The van der Waals surface area contributed by atoms with Gasteiger partial charge in [0.15, 0.2) is 0 Å². The Kier molecular flexibility index (Phi) is 4.07. The highest BCUT2D eigenvalue weighted by molar-refractivity contribution is 7.89. The van der Waals surface area contributed by atoms with Crippen LogP contribution in [0.1, 0.15) is 38.4 Å². The van der Waals surface area contributed by atoms with Crippen LogP contribution >= 0.6 is 11.6 Å². The van der Waals surface area contributed by atoms with E-state index in [1.807, 2.05) is 18.4 Å². The molecule has 118 valence electrons. The maximum Gasteiger partial charge on any atom is 0.244 e. The van der Waals surface area contributed by atoms with Gasteiger partial charge in [-0.15, -0.1) is 11.6 Å². The monoisotopic (exact) mass is 332 g/mol. The third-order valence-electron chi connectivity index (χ3n) is 4.01. The lowest BCUT2D eigenvalue weighted by molar-refractivity contribution is -0.0440. The number of aromatic nitrogens is 1. The molecule has 1 saturated carbocycles. The predicted molar refractivity (Wildman–Crippen MR) is 81.0 cm³/mol. The Hall–Kier alpha value is -0.560. The summed E-state index contributed by atoms with van der Waals surface area (Å²) in [6, 6.07) is 2.14. The molecule has 2 unspecified atom stereocenters. The summed E-state index contributed by atoms with van der Waals surface area (Å²) in [7, 11) is -3.47. The molecule has 0 amide bonds. The lowest BCUT2D eigenvalue weighted by Crippen LogP contribution is -2.48. The number of rotatable bonds is 4. The molecule has 2 aliphatic rings. The zero-order valence-corrected chi connectivity index (χ0v) is 13.9. The topological polar surface area (TPSA) is 51.5 Å². The van der Waals surface area contributed by atoms with Crippen LogP contribution in [0, 0.1) is 0 Å². The molecule has 1 aromatic heterocycles. The van der Waals surface area contributed by atoms with Crippen LogP contribution in [0.3, 0.4) is 0 Å². The number of hydrogen-bond donors (Lipinski definition) is 0. The van der Waals surface area contributed by atoms with Gasteiger partial charge in [0.05, 0.1) is 18.1 Å². The van der Waals surface area contributed by atoms with E-state index in [0.717, 1.165) is 18.5 Å². The van der Waals surface area contributed by atoms with Crippen molar-refractivity contribution in [1.29, 1.82) is 0 Å². The van der Waals surface area contributed by atoms with E-state index in [4.69, 9.17) is 16.3 Å². The summed E-state index contributed by atoms with van der Waals surface area (Å²) in [6.07, 6.45) is 3.78. The van der Waals surface area contributed by atoms with Crippen molar-refractivity contribution in [3.63, 3.8) is 0 Å². The van der Waals surface area contributed by atoms with E-state index in [2.05, 4.69) is 0 Å². The van der Waals surface area contributed by atoms with Crippen molar-refractivity contribution in [2.45, 2.75) is 55.7 Å². The van der Waals surface area contributed by atoms with E-state index in [9.17, 15) is 8.42 Å². The highest BCUT2D eigenvalue weighted by Gasteiger charge is 2.34. The van der Waals surface area contributed by atoms with Gasteiger partial charge in [-0.05, 0) is 32.8 Å². The van der Waals surface area contributed by atoms with E-state index >= 15 is 0 Å². The van der Waals surface area contributed by atoms with Crippen molar-refractivity contribution in [2.24, 2.45) is 0 Å². The first-order valence-corrected chi connectivity index (χ1v) is 9.31. The summed E-state index contributed by atoms with van der Waals surface area (Å²) in [5, 5.41) is 0. The smallest absolute Gasteiger partial charge is 0.244 e. The van der Waals surface area contributed by atoms with Crippen LogP contribution in [0.25, 0.3) is 0 Å². The van der Waals surface area contributed by atoms with Gasteiger partial charge in [0.25, 0.3) is 0 Å². The van der Waals surface area contributed by atoms with Gasteiger partial charge in [0, 0.05) is 31.0 Å². The van der Waals surface area contributed by atoms with Gasteiger partial charge < -0.3 is 9.30 Å². The zero-order valence-electron chi connectivity index (χ0n) is 12.3. The Morgan fingerprint density at radius 2 is 1.90 bits per heavy atom. The Balaban J connectivity index is 1.90. The van der Waals surface area contributed by atoms with Crippen molar-refractivity contribution in [3.05, 3.63) is 18.0 Å². The second-order valence-electron chi connectivity index (χ2n) is 6.02. The average Bonchev–Trinajstić information content (AvgIpc) is 3.16. The first-order valence-electron chi connectivity index (χ1n) is 7.34. The molecule has 0 bridgehead atoms. The van der Waals surface area contributed by atoms with Gasteiger partial charge in [0.1, 0.15) is 4.90 Å². The molecule has 0 aromatic carbocycles. The quantitative estimate of drug-likeness (QED) is 0.795. The molecule has 7 heteroatoms. The van der Waals surface area contributed by atoms with Crippen LogP contribution in [-0.2, 0) is 20.6 Å². The maximum absolute atomic E-state index is 12.8. The Bertz CT molecular complexity index is 614. The molecule has 0 N–H and O–H groups in total. The summed E-state index contributed by atoms with van der Waals surface area (Å²) in [6.45, 7) is 4.60. The first kappa shape index (κ1) is 15.3. The minimum absolute atomic E-state index is 0.0819. The lowest BCUT2D eigenvalue weighted by Gasteiger charge is -2.34. The summed E-state index contributed by atoms with van der Waals surface area (Å²) < 4.78 is 34.8. The molecule has 3 rings (SSSR count). The minimum atomic E-state index is -3.47. The Morgan fingerprint density at radius 3 is 2.43 bits per heavy atom. The fourth-order valence-electron chi connectivity index (χ4n) is 2.91. The van der Waals surface area contributed by atoms with Crippen molar-refractivity contribution >= 4 is 21.6 Å². The van der Waals surface area contributed by atoms with Crippen molar-refractivity contribution in [1.82, 2.24) is 8.87 Å². The third-order valence-corrected chi connectivity index (χ3v) is 6.08. The fraction of sp³-hybridized carbons (Fsp3) is 0.714. The van der Waals surface area contributed by atoms with E-state index < -0.39 is 10.0 Å². The van der Waals surface area contributed by atoms with E-state index in [0.29, 0.717) is 29.9 Å². The van der Waals surface area contributed by atoms with Crippen LogP contribution in [0.15, 0.2) is 17.2 Å². The molecular weight excluding hydrogens is 312 g/mol. The van der Waals surface area contributed by atoms with E-state index in [1.165, 1.54) is 4.31 Å². The van der Waals surface area contributed by atoms with Crippen LogP contribution in [0.5, 0.6) is 0 Å². The highest BCUT2D eigenvalue weighted by atomic mass is 35.5. The molecule has 0 spiro atoms. The molecule has 0 radical (unpaired) electrons. The molecule has 2 fully saturated rings. The van der Waals surface area contributed by atoms with Crippen LogP contribution < -0.4 is 0 Å². The van der Waals surface area contributed by atoms with Gasteiger partial charge in [-0.2, -0.15) is 4.31 Å². The van der Waals surface area contributed by atoms with E-state index in [1.54, 1.807) is 12.3 Å². The summed E-state index contributed by atoms with van der Waals surface area (Å²) in [4.78, 5) is 0.353. The number of hydrogen-bond acceptors (Lipinski definition) is 3. The van der Waals surface area contributed by atoms with E-state index in [-0.39, 0.29) is 12.2 Å². The molecule has 2 heterocycles. The number of ether oxygens (including phenoxy) is 1. The third kappa shape index (κ3) is 2.99. The van der Waals surface area contributed by atoms with Crippen LogP contribution in [0.2, 0.25) is 0 Å². The SMILES string of the molecule is CC1CN(S(=O)(=O)c2cc(CCl)n(C3CC3)c2)CC(C)O1. The summed E-state index contributed by atoms with van der Waals surface area (Å²) >= 11 is 5.95. The second kappa shape index (κ2) is 5.57. The Labute approximate surface area is 130 Å².